The molecule has 1 aliphatic heterocycles. The predicted molar refractivity (Wildman–Crippen MR) is 52.8 cm³/mol. The SMILES string of the molecule is COCCCC1(O)CCN(C)CC1. The van der Waals surface area contributed by atoms with Crippen molar-refractivity contribution < 1.29 is 9.84 Å². The summed E-state index contributed by atoms with van der Waals surface area (Å²) < 4.78 is 4.98. The number of nitrogens with zero attached hydrogens (tertiary/aromatic N) is 1. The molecule has 0 atom stereocenters. The molecule has 13 heavy (non-hydrogen) atoms. The summed E-state index contributed by atoms with van der Waals surface area (Å²) in [4.78, 5) is 2.27. The maximum Gasteiger partial charge on any atom is 0.0673 e. The molecule has 0 aliphatic carbocycles. The molecule has 1 heterocycles. The van der Waals surface area contributed by atoms with E-state index in [9.17, 15) is 5.11 Å². The van der Waals surface area contributed by atoms with Gasteiger partial charge < -0.3 is 14.7 Å². The highest BCUT2D eigenvalue weighted by Gasteiger charge is 2.30. The van der Waals surface area contributed by atoms with Gasteiger partial charge in [0.25, 0.3) is 0 Å². The van der Waals surface area contributed by atoms with Crippen molar-refractivity contribution in [2.45, 2.75) is 31.3 Å². The molecule has 0 radical (unpaired) electrons. The minimum absolute atomic E-state index is 0.412. The molecule has 1 aliphatic rings. The Balaban J connectivity index is 2.22. The van der Waals surface area contributed by atoms with Crippen LogP contribution in [0.4, 0.5) is 0 Å². The Labute approximate surface area is 80.7 Å². The van der Waals surface area contributed by atoms with E-state index in [-0.39, 0.29) is 0 Å². The lowest BCUT2D eigenvalue weighted by Gasteiger charge is -2.36. The maximum atomic E-state index is 10.1. The zero-order valence-electron chi connectivity index (χ0n) is 8.75. The maximum absolute atomic E-state index is 10.1. The van der Waals surface area contributed by atoms with Gasteiger partial charge in [0.15, 0.2) is 0 Å². The number of aliphatic hydroxyl groups is 1. The number of likely N-dealkylation sites (tertiary alicyclic amines) is 1. The van der Waals surface area contributed by atoms with Gasteiger partial charge in [-0.3, -0.25) is 0 Å². The third kappa shape index (κ3) is 3.63. The van der Waals surface area contributed by atoms with Gasteiger partial charge in [0.05, 0.1) is 5.60 Å². The van der Waals surface area contributed by atoms with Crippen LogP contribution in [0.5, 0.6) is 0 Å². The number of ether oxygens (including phenoxy) is 1. The zero-order chi connectivity index (χ0) is 9.73. The van der Waals surface area contributed by atoms with Crippen LogP contribution < -0.4 is 0 Å². The van der Waals surface area contributed by atoms with Gasteiger partial charge in [-0.05, 0) is 32.7 Å². The molecule has 0 unspecified atom stereocenters. The van der Waals surface area contributed by atoms with Crippen LogP contribution in [0, 0.1) is 0 Å². The second-order valence-electron chi connectivity index (χ2n) is 4.12. The second-order valence-corrected chi connectivity index (χ2v) is 4.12. The number of hydrogen-bond donors (Lipinski definition) is 1. The average Bonchev–Trinajstić information content (AvgIpc) is 2.12. The smallest absolute Gasteiger partial charge is 0.0673 e. The number of methoxy groups -OCH3 is 1. The first-order chi connectivity index (χ1) is 6.16. The summed E-state index contributed by atoms with van der Waals surface area (Å²) in [6, 6.07) is 0. The normalized spacial score (nSPS) is 23.3. The van der Waals surface area contributed by atoms with Crippen LogP contribution >= 0.6 is 0 Å². The summed E-state index contributed by atoms with van der Waals surface area (Å²) in [5, 5.41) is 10.1. The van der Waals surface area contributed by atoms with Gasteiger partial charge in [0.1, 0.15) is 0 Å². The molecule has 0 aromatic carbocycles. The van der Waals surface area contributed by atoms with E-state index < -0.39 is 5.60 Å². The van der Waals surface area contributed by atoms with Crippen molar-refractivity contribution in [2.75, 3.05) is 33.9 Å². The molecular weight excluding hydrogens is 166 g/mol. The van der Waals surface area contributed by atoms with Crippen LogP contribution in [0.25, 0.3) is 0 Å². The van der Waals surface area contributed by atoms with Gasteiger partial charge in [0, 0.05) is 26.8 Å². The van der Waals surface area contributed by atoms with Crippen LogP contribution in [0.3, 0.4) is 0 Å². The monoisotopic (exact) mass is 187 g/mol. The fraction of sp³-hybridized carbons (Fsp3) is 1.00. The molecule has 1 saturated heterocycles. The summed E-state index contributed by atoms with van der Waals surface area (Å²) in [6.07, 6.45) is 3.67. The van der Waals surface area contributed by atoms with E-state index in [0.717, 1.165) is 45.4 Å². The topological polar surface area (TPSA) is 32.7 Å². The molecule has 1 N–H and O–H groups in total. The molecule has 3 nitrogen and oxygen atoms in total. The van der Waals surface area contributed by atoms with Gasteiger partial charge in [-0.2, -0.15) is 0 Å². The Morgan fingerprint density at radius 1 is 1.38 bits per heavy atom. The van der Waals surface area contributed by atoms with E-state index >= 15 is 0 Å². The highest BCUT2D eigenvalue weighted by molar-refractivity contribution is 4.84. The van der Waals surface area contributed by atoms with Crippen molar-refractivity contribution in [1.82, 2.24) is 4.90 Å². The van der Waals surface area contributed by atoms with Crippen molar-refractivity contribution >= 4 is 0 Å². The quantitative estimate of drug-likeness (QED) is 0.663. The highest BCUT2D eigenvalue weighted by Crippen LogP contribution is 2.25. The molecule has 0 aromatic heterocycles. The molecule has 3 heteroatoms. The van der Waals surface area contributed by atoms with Gasteiger partial charge in [-0.1, -0.05) is 0 Å². The summed E-state index contributed by atoms with van der Waals surface area (Å²) >= 11 is 0. The summed E-state index contributed by atoms with van der Waals surface area (Å²) in [7, 11) is 3.81. The summed E-state index contributed by atoms with van der Waals surface area (Å²) in [6.45, 7) is 2.80. The number of piperidine rings is 1. The Morgan fingerprint density at radius 3 is 2.54 bits per heavy atom. The van der Waals surface area contributed by atoms with E-state index in [4.69, 9.17) is 4.74 Å². The first kappa shape index (κ1) is 11.0. The third-order valence-corrected chi connectivity index (χ3v) is 2.91. The minimum atomic E-state index is -0.412. The van der Waals surface area contributed by atoms with Crippen molar-refractivity contribution in [2.24, 2.45) is 0 Å². The Kier molecular flexibility index (Phi) is 4.16. The fourth-order valence-corrected chi connectivity index (χ4v) is 1.83. The Morgan fingerprint density at radius 2 is 2.00 bits per heavy atom. The van der Waals surface area contributed by atoms with Gasteiger partial charge >= 0.3 is 0 Å². The van der Waals surface area contributed by atoms with Crippen LogP contribution in [-0.4, -0.2) is 49.5 Å². The van der Waals surface area contributed by atoms with Crippen molar-refractivity contribution in [3.8, 4) is 0 Å². The largest absolute Gasteiger partial charge is 0.390 e. The van der Waals surface area contributed by atoms with Crippen LogP contribution in [0.15, 0.2) is 0 Å². The van der Waals surface area contributed by atoms with Crippen molar-refractivity contribution in [1.29, 1.82) is 0 Å². The lowest BCUT2D eigenvalue weighted by molar-refractivity contribution is -0.0275. The third-order valence-electron chi connectivity index (χ3n) is 2.91. The minimum Gasteiger partial charge on any atom is -0.390 e. The molecule has 1 fully saturated rings. The molecule has 0 spiro atoms. The Bertz CT molecular complexity index is 142. The van der Waals surface area contributed by atoms with E-state index in [1.807, 2.05) is 0 Å². The first-order valence-electron chi connectivity index (χ1n) is 5.06. The molecule has 0 saturated carbocycles. The van der Waals surface area contributed by atoms with E-state index in [1.165, 1.54) is 0 Å². The molecule has 1 rings (SSSR count). The predicted octanol–water partition coefficient (Wildman–Crippen LogP) is 0.870. The first-order valence-corrected chi connectivity index (χ1v) is 5.06. The second kappa shape index (κ2) is 4.94. The highest BCUT2D eigenvalue weighted by atomic mass is 16.5. The lowest BCUT2D eigenvalue weighted by atomic mass is 9.87. The molecule has 0 amide bonds. The summed E-state index contributed by atoms with van der Waals surface area (Å²) in [5.74, 6) is 0. The molecule has 0 aromatic rings. The van der Waals surface area contributed by atoms with Crippen molar-refractivity contribution in [3.05, 3.63) is 0 Å². The van der Waals surface area contributed by atoms with Gasteiger partial charge in [-0.25, -0.2) is 0 Å². The van der Waals surface area contributed by atoms with Crippen molar-refractivity contribution in [3.63, 3.8) is 0 Å². The average molecular weight is 187 g/mol. The standard InChI is InChI=1S/C10H21NO2/c1-11-7-5-10(12,6-8-11)4-3-9-13-2/h12H,3-9H2,1-2H3. The summed E-state index contributed by atoms with van der Waals surface area (Å²) in [5.41, 5.74) is -0.412. The van der Waals surface area contributed by atoms with E-state index in [1.54, 1.807) is 7.11 Å². The van der Waals surface area contributed by atoms with E-state index in [0.29, 0.717) is 0 Å². The lowest BCUT2D eigenvalue weighted by Crippen LogP contribution is -2.42. The van der Waals surface area contributed by atoms with E-state index in [2.05, 4.69) is 11.9 Å². The molecule has 78 valence electrons. The van der Waals surface area contributed by atoms with Crippen LogP contribution in [0.2, 0.25) is 0 Å². The van der Waals surface area contributed by atoms with Crippen LogP contribution in [-0.2, 0) is 4.74 Å². The number of rotatable bonds is 4. The molecular formula is C10H21NO2. The Hall–Kier alpha value is -0.120. The fourth-order valence-electron chi connectivity index (χ4n) is 1.83. The van der Waals surface area contributed by atoms with Crippen LogP contribution in [0.1, 0.15) is 25.7 Å². The molecule has 0 bridgehead atoms. The zero-order valence-corrected chi connectivity index (χ0v) is 8.75. The number of hydrogen-bond acceptors (Lipinski definition) is 3. The van der Waals surface area contributed by atoms with Gasteiger partial charge in [-0.15, -0.1) is 0 Å². The van der Waals surface area contributed by atoms with Gasteiger partial charge in [0.2, 0.25) is 0 Å².